The minimum Gasteiger partial charge on any atom is -0.390 e. The van der Waals surface area contributed by atoms with Gasteiger partial charge in [-0.2, -0.15) is 5.10 Å². The van der Waals surface area contributed by atoms with E-state index in [-0.39, 0.29) is 12.1 Å². The van der Waals surface area contributed by atoms with Gasteiger partial charge in [-0.25, -0.2) is 23.4 Å². The molecule has 3 N–H and O–H groups in total. The maximum Gasteiger partial charge on any atom is 0.244 e. The van der Waals surface area contributed by atoms with Crippen molar-refractivity contribution >= 4 is 22.6 Å². The molecule has 1 saturated carbocycles. The molecular weight excluding hydrogens is 406 g/mol. The minimum atomic E-state index is -2.56. The second-order valence-corrected chi connectivity index (χ2v) is 7.62. The zero-order valence-electron chi connectivity index (χ0n) is 15.1. The van der Waals surface area contributed by atoms with Gasteiger partial charge in [0.25, 0.3) is 0 Å². The lowest BCUT2D eigenvalue weighted by molar-refractivity contribution is -0.0271. The van der Waals surface area contributed by atoms with Crippen LogP contribution in [0.25, 0.3) is 11.0 Å². The molecular formula is C19H19ClF2N4O3. The fourth-order valence-electron chi connectivity index (χ4n) is 3.97. The molecule has 2 heterocycles. The van der Waals surface area contributed by atoms with Crippen molar-refractivity contribution < 1.29 is 24.1 Å². The molecule has 1 unspecified atom stereocenters. The van der Waals surface area contributed by atoms with Gasteiger partial charge in [0.2, 0.25) is 6.43 Å². The first-order chi connectivity index (χ1) is 13.9. The topological polar surface area (TPSA) is 104 Å². The lowest BCUT2D eigenvalue weighted by Crippen LogP contribution is -2.31. The van der Waals surface area contributed by atoms with Crippen molar-refractivity contribution in [2.45, 2.75) is 43.6 Å². The van der Waals surface area contributed by atoms with E-state index in [0.29, 0.717) is 21.6 Å². The zero-order chi connectivity index (χ0) is 20.7. The first-order valence-electron chi connectivity index (χ1n) is 9.11. The number of halogens is 3. The third-order valence-electron chi connectivity index (χ3n) is 5.45. The first-order valence-corrected chi connectivity index (χ1v) is 9.49. The number of hydrogen-bond acceptors (Lipinski definition) is 6. The molecule has 1 aromatic carbocycles. The molecule has 5 atom stereocenters. The van der Waals surface area contributed by atoms with Gasteiger partial charge in [0.15, 0.2) is 5.65 Å². The molecule has 0 saturated heterocycles. The molecule has 7 nitrogen and oxygen atoms in total. The van der Waals surface area contributed by atoms with Gasteiger partial charge in [-0.15, -0.1) is 0 Å². The number of benzene rings is 1. The van der Waals surface area contributed by atoms with E-state index in [9.17, 15) is 24.1 Å². The highest BCUT2D eigenvalue weighted by atomic mass is 35.5. The van der Waals surface area contributed by atoms with Crippen LogP contribution in [0.15, 0.2) is 36.8 Å². The Bertz CT molecular complexity index is 1000. The van der Waals surface area contributed by atoms with Gasteiger partial charge in [-0.1, -0.05) is 23.7 Å². The van der Waals surface area contributed by atoms with Gasteiger partial charge in [0, 0.05) is 10.9 Å². The minimum absolute atomic E-state index is 0.169. The molecule has 1 aliphatic rings. The average molecular weight is 425 g/mol. The molecule has 154 valence electrons. The molecule has 29 heavy (non-hydrogen) atoms. The highest BCUT2D eigenvalue weighted by molar-refractivity contribution is 6.30. The summed E-state index contributed by atoms with van der Waals surface area (Å²) in [5.41, 5.74) is 1.04. The van der Waals surface area contributed by atoms with Crippen LogP contribution in [0, 0.1) is 5.92 Å². The predicted octanol–water partition coefficient (Wildman–Crippen LogP) is 2.30. The SMILES string of the molecule is OC(c1ccc(Cl)cc1)[C@H]1C[C@@H](n2ncc3c(CC(F)F)ncnc32)[C@H](O)[C@@H]1O. The van der Waals surface area contributed by atoms with E-state index in [1.165, 1.54) is 17.2 Å². The number of aliphatic hydroxyl groups excluding tert-OH is 3. The molecule has 0 bridgehead atoms. The standard InChI is InChI=1S/C19H19ClF2N4O3/c20-10-3-1-9(2-4-10)16(27)11-5-14(18(29)17(11)28)26-19-12(7-25-26)13(6-15(21)22)23-8-24-19/h1-4,7-8,11,14-18,27-29H,5-6H2/t11-,14-,16?,17-,18+/m1/s1. The quantitative estimate of drug-likeness (QED) is 0.580. The molecule has 0 aliphatic heterocycles. The third-order valence-corrected chi connectivity index (χ3v) is 5.70. The Balaban J connectivity index is 1.63. The van der Waals surface area contributed by atoms with Crippen LogP contribution in [0.1, 0.15) is 29.8 Å². The monoisotopic (exact) mass is 424 g/mol. The van der Waals surface area contributed by atoms with Crippen LogP contribution in [0.4, 0.5) is 8.78 Å². The van der Waals surface area contributed by atoms with Gasteiger partial charge in [0.1, 0.15) is 12.4 Å². The van der Waals surface area contributed by atoms with E-state index in [1.807, 2.05) is 0 Å². The molecule has 4 rings (SSSR count). The van der Waals surface area contributed by atoms with E-state index < -0.39 is 43.1 Å². The molecule has 3 aromatic rings. The predicted molar refractivity (Wildman–Crippen MR) is 101 cm³/mol. The number of nitrogens with zero attached hydrogens (tertiary/aromatic N) is 4. The van der Waals surface area contributed by atoms with Crippen molar-refractivity contribution in [1.29, 1.82) is 0 Å². The van der Waals surface area contributed by atoms with E-state index in [2.05, 4.69) is 15.1 Å². The molecule has 0 spiro atoms. The number of rotatable bonds is 5. The highest BCUT2D eigenvalue weighted by Crippen LogP contribution is 2.42. The summed E-state index contributed by atoms with van der Waals surface area (Å²) in [6, 6.07) is 5.91. The van der Waals surface area contributed by atoms with Crippen molar-refractivity contribution in [3.8, 4) is 0 Å². The van der Waals surface area contributed by atoms with Crippen LogP contribution >= 0.6 is 11.6 Å². The lowest BCUT2D eigenvalue weighted by Gasteiger charge is -2.22. The summed E-state index contributed by atoms with van der Waals surface area (Å²) >= 11 is 5.88. The summed E-state index contributed by atoms with van der Waals surface area (Å²) < 4.78 is 27.0. The fourth-order valence-corrected chi connectivity index (χ4v) is 4.09. The maximum atomic E-state index is 12.8. The summed E-state index contributed by atoms with van der Waals surface area (Å²) in [5.74, 6) is -0.655. The molecule has 1 fully saturated rings. The van der Waals surface area contributed by atoms with Crippen molar-refractivity contribution in [3.63, 3.8) is 0 Å². The second-order valence-electron chi connectivity index (χ2n) is 7.19. The first kappa shape index (κ1) is 20.1. The second kappa shape index (κ2) is 7.91. The van der Waals surface area contributed by atoms with Crippen LogP contribution in [-0.2, 0) is 6.42 Å². The highest BCUT2D eigenvalue weighted by Gasteiger charge is 2.46. The summed E-state index contributed by atoms with van der Waals surface area (Å²) in [5, 5.41) is 37.0. The summed E-state index contributed by atoms with van der Waals surface area (Å²) in [7, 11) is 0. The van der Waals surface area contributed by atoms with Gasteiger partial charge < -0.3 is 15.3 Å². The molecule has 2 aromatic heterocycles. The number of aromatic nitrogens is 4. The van der Waals surface area contributed by atoms with E-state index in [4.69, 9.17) is 11.6 Å². The van der Waals surface area contributed by atoms with Crippen molar-refractivity contribution in [3.05, 3.63) is 53.1 Å². The zero-order valence-corrected chi connectivity index (χ0v) is 15.9. The van der Waals surface area contributed by atoms with Crippen molar-refractivity contribution in [2.24, 2.45) is 5.92 Å². The van der Waals surface area contributed by atoms with Crippen LogP contribution < -0.4 is 0 Å². The molecule has 10 heteroatoms. The number of hydrogen-bond donors (Lipinski definition) is 3. The fraction of sp³-hybridized carbons (Fsp3) is 0.421. The Kier molecular flexibility index (Phi) is 5.48. The van der Waals surface area contributed by atoms with Crippen molar-refractivity contribution in [2.75, 3.05) is 0 Å². The molecule has 0 amide bonds. The summed E-state index contributed by atoms with van der Waals surface area (Å²) in [4.78, 5) is 8.03. The van der Waals surface area contributed by atoms with E-state index >= 15 is 0 Å². The number of alkyl halides is 2. The van der Waals surface area contributed by atoms with Crippen LogP contribution in [0.2, 0.25) is 5.02 Å². The molecule has 0 radical (unpaired) electrons. The maximum absolute atomic E-state index is 12.8. The summed E-state index contributed by atoms with van der Waals surface area (Å²) in [6.45, 7) is 0. The van der Waals surface area contributed by atoms with Crippen molar-refractivity contribution in [1.82, 2.24) is 19.7 Å². The lowest BCUT2D eigenvalue weighted by atomic mass is 9.92. The average Bonchev–Trinajstić information content (AvgIpc) is 3.24. The van der Waals surface area contributed by atoms with Gasteiger partial charge in [-0.05, 0) is 24.1 Å². The number of fused-ring (bicyclic) bond motifs is 1. The smallest absolute Gasteiger partial charge is 0.244 e. The third kappa shape index (κ3) is 3.71. The Hall–Kier alpha value is -2.20. The van der Waals surface area contributed by atoms with Gasteiger partial charge in [0.05, 0.1) is 41.9 Å². The number of aliphatic hydroxyl groups is 3. The normalized spacial score (nSPS) is 25.8. The summed E-state index contributed by atoms with van der Waals surface area (Å²) in [6.07, 6.45) is -3.74. The van der Waals surface area contributed by atoms with Gasteiger partial charge >= 0.3 is 0 Å². The Morgan fingerprint density at radius 1 is 1.14 bits per heavy atom. The Morgan fingerprint density at radius 3 is 2.55 bits per heavy atom. The largest absolute Gasteiger partial charge is 0.390 e. The van der Waals surface area contributed by atoms with Crippen LogP contribution in [-0.4, -0.2) is 53.7 Å². The van der Waals surface area contributed by atoms with Crippen LogP contribution in [0.5, 0.6) is 0 Å². The van der Waals surface area contributed by atoms with E-state index in [0.717, 1.165) is 0 Å². The molecule has 1 aliphatic carbocycles. The van der Waals surface area contributed by atoms with E-state index in [1.54, 1.807) is 24.3 Å². The van der Waals surface area contributed by atoms with Gasteiger partial charge in [-0.3, -0.25) is 0 Å². The van der Waals surface area contributed by atoms with Crippen LogP contribution in [0.3, 0.4) is 0 Å². The Labute approximate surface area is 169 Å². The Morgan fingerprint density at radius 2 is 1.86 bits per heavy atom.